The molecule has 1 aliphatic heterocycles. The molecule has 0 amide bonds. The van der Waals surface area contributed by atoms with Crippen molar-refractivity contribution >= 4 is 46.6 Å². The lowest BCUT2D eigenvalue weighted by molar-refractivity contribution is -0.118. The Kier molecular flexibility index (Phi) is 6.09. The number of carbonyl (C=O) groups is 1. The van der Waals surface area contributed by atoms with Gasteiger partial charge >= 0.3 is 0 Å². The van der Waals surface area contributed by atoms with Gasteiger partial charge in [-0.3, -0.25) is 9.59 Å². The third-order valence-corrected chi connectivity index (χ3v) is 7.77. The number of fused-ring (bicyclic) bond motifs is 1. The van der Waals surface area contributed by atoms with E-state index in [1.807, 2.05) is 36.4 Å². The molecule has 8 heteroatoms. The highest BCUT2D eigenvalue weighted by Crippen LogP contribution is 2.47. The maximum absolute atomic E-state index is 13.4. The van der Waals surface area contributed by atoms with Crippen molar-refractivity contribution in [3.63, 3.8) is 0 Å². The van der Waals surface area contributed by atoms with E-state index >= 15 is 0 Å². The van der Waals surface area contributed by atoms with E-state index in [-0.39, 0.29) is 16.8 Å². The number of H-pyrrole nitrogens is 1. The predicted octanol–water partition coefficient (Wildman–Crippen LogP) is 6.57. The Bertz CT molecular complexity index is 1380. The Balaban J connectivity index is 1.59. The Morgan fingerprint density at radius 3 is 2.53 bits per heavy atom. The van der Waals surface area contributed by atoms with Crippen LogP contribution in [-0.4, -0.2) is 15.8 Å². The molecule has 2 aliphatic rings. The Hall–Kier alpha value is -2.54. The van der Waals surface area contributed by atoms with Crippen LogP contribution in [0.5, 0.6) is 0 Å². The van der Waals surface area contributed by atoms with E-state index in [0.717, 1.165) is 16.8 Å². The van der Waals surface area contributed by atoms with Crippen LogP contribution in [0.4, 0.5) is 5.82 Å². The van der Waals surface area contributed by atoms with E-state index < -0.39 is 5.92 Å². The summed E-state index contributed by atoms with van der Waals surface area (Å²) in [5, 5.41) is 5.12. The van der Waals surface area contributed by atoms with E-state index in [2.05, 4.69) is 24.1 Å². The minimum atomic E-state index is -0.494. The highest BCUT2D eigenvalue weighted by Gasteiger charge is 2.42. The summed E-state index contributed by atoms with van der Waals surface area (Å²) in [6.45, 7) is 4.17. The minimum Gasteiger partial charge on any atom is -0.343 e. The molecule has 0 fully saturated rings. The van der Waals surface area contributed by atoms with E-state index in [1.165, 1.54) is 11.8 Å². The zero-order chi connectivity index (χ0) is 24.0. The summed E-state index contributed by atoms with van der Waals surface area (Å²) in [5.41, 5.74) is 3.32. The standard InChI is InChI=1S/C26H23Cl2N3O2S/c1-26(2)11-18-21(19(32)12-26)20(14-7-9-16(27)10-8-14)22-23(29-18)30-25(31-24(22)33)34-13-15-5-3-4-6-17(15)28/h3-10,20H,11-13H2,1-2H3,(H2,29,30,31,33). The van der Waals surface area contributed by atoms with Crippen LogP contribution in [0.2, 0.25) is 10.0 Å². The third kappa shape index (κ3) is 4.42. The van der Waals surface area contributed by atoms with Crippen molar-refractivity contribution in [1.29, 1.82) is 0 Å². The molecule has 174 valence electrons. The van der Waals surface area contributed by atoms with Crippen LogP contribution in [-0.2, 0) is 10.5 Å². The summed E-state index contributed by atoms with van der Waals surface area (Å²) >= 11 is 13.8. The second-order valence-electron chi connectivity index (χ2n) is 9.46. The van der Waals surface area contributed by atoms with E-state index in [9.17, 15) is 9.59 Å². The van der Waals surface area contributed by atoms with E-state index in [0.29, 0.717) is 50.8 Å². The van der Waals surface area contributed by atoms with Gasteiger partial charge in [-0.15, -0.1) is 0 Å². The molecule has 0 bridgehead atoms. The fraction of sp³-hybridized carbons (Fsp3) is 0.269. The van der Waals surface area contributed by atoms with Gasteiger partial charge in [0.2, 0.25) is 0 Å². The van der Waals surface area contributed by atoms with Crippen LogP contribution in [0.15, 0.2) is 69.8 Å². The number of carbonyl (C=O) groups excluding carboxylic acids is 1. The Labute approximate surface area is 212 Å². The van der Waals surface area contributed by atoms with Gasteiger partial charge in [0.15, 0.2) is 10.9 Å². The molecule has 1 unspecified atom stereocenters. The lowest BCUT2D eigenvalue weighted by Gasteiger charge is -2.38. The highest BCUT2D eigenvalue weighted by molar-refractivity contribution is 7.98. The number of benzene rings is 2. The first-order chi connectivity index (χ1) is 16.2. The lowest BCUT2D eigenvalue weighted by Crippen LogP contribution is -2.37. The van der Waals surface area contributed by atoms with Crippen molar-refractivity contribution in [3.05, 3.63) is 96.9 Å². The largest absolute Gasteiger partial charge is 0.343 e. The molecule has 5 rings (SSSR count). The Morgan fingerprint density at radius 1 is 1.06 bits per heavy atom. The zero-order valence-corrected chi connectivity index (χ0v) is 21.1. The molecular weight excluding hydrogens is 489 g/mol. The number of halogens is 2. The van der Waals surface area contributed by atoms with Crippen LogP contribution in [0.1, 0.15) is 49.3 Å². The lowest BCUT2D eigenvalue weighted by atomic mass is 9.69. The second kappa shape index (κ2) is 8.91. The summed E-state index contributed by atoms with van der Waals surface area (Å²) in [7, 11) is 0. The third-order valence-electron chi connectivity index (χ3n) is 6.23. The number of nitrogens with one attached hydrogen (secondary N) is 2. The quantitative estimate of drug-likeness (QED) is 0.306. The normalized spacial score (nSPS) is 18.8. The first-order valence-corrected chi connectivity index (χ1v) is 12.8. The number of hydrogen-bond acceptors (Lipinski definition) is 5. The molecule has 0 spiro atoms. The summed E-state index contributed by atoms with van der Waals surface area (Å²) in [6.07, 6.45) is 1.14. The van der Waals surface area contributed by atoms with E-state index in [4.69, 9.17) is 28.2 Å². The van der Waals surface area contributed by atoms with Gasteiger partial charge in [-0.2, -0.15) is 0 Å². The average molecular weight is 512 g/mol. The molecule has 2 N–H and O–H groups in total. The van der Waals surface area contributed by atoms with Crippen molar-refractivity contribution < 1.29 is 4.79 Å². The van der Waals surface area contributed by atoms with Crippen LogP contribution >= 0.6 is 35.0 Å². The minimum absolute atomic E-state index is 0.0564. The molecule has 1 atom stereocenters. The van der Waals surface area contributed by atoms with Crippen molar-refractivity contribution in [1.82, 2.24) is 9.97 Å². The fourth-order valence-corrected chi connectivity index (χ4v) is 5.98. The molecule has 0 saturated carbocycles. The molecule has 1 aromatic heterocycles. The molecular formula is C26H23Cl2N3O2S. The maximum atomic E-state index is 13.4. The summed E-state index contributed by atoms with van der Waals surface area (Å²) in [5.74, 6) is 0.628. The van der Waals surface area contributed by atoms with Gasteiger partial charge in [-0.05, 0) is 41.2 Å². The smallest absolute Gasteiger partial charge is 0.257 e. The van der Waals surface area contributed by atoms with Crippen LogP contribution in [0, 0.1) is 5.41 Å². The number of Topliss-reactive ketones (excluding diaryl/α,β-unsaturated/α-hetero) is 1. The molecule has 2 aromatic carbocycles. The van der Waals surface area contributed by atoms with Crippen molar-refractivity contribution in [2.45, 2.75) is 43.5 Å². The number of nitrogens with zero attached hydrogens (tertiary/aromatic N) is 1. The predicted molar refractivity (Wildman–Crippen MR) is 138 cm³/mol. The maximum Gasteiger partial charge on any atom is 0.257 e. The molecule has 34 heavy (non-hydrogen) atoms. The van der Waals surface area contributed by atoms with Gasteiger partial charge in [-0.1, -0.05) is 79.1 Å². The monoisotopic (exact) mass is 511 g/mol. The number of aromatic amines is 1. The number of anilines is 1. The van der Waals surface area contributed by atoms with Gasteiger partial charge in [0.1, 0.15) is 5.82 Å². The highest BCUT2D eigenvalue weighted by atomic mass is 35.5. The van der Waals surface area contributed by atoms with Crippen molar-refractivity contribution in [2.75, 3.05) is 5.32 Å². The first kappa shape index (κ1) is 23.2. The molecule has 0 radical (unpaired) electrons. The fourth-order valence-electron chi connectivity index (χ4n) is 4.71. The SMILES string of the molecule is CC1(C)CC(=O)C2=C(C1)Nc1nc(SCc3ccccc3Cl)[nH]c(=O)c1C2c1ccc(Cl)cc1. The molecule has 1 aliphatic carbocycles. The first-order valence-electron chi connectivity index (χ1n) is 11.0. The van der Waals surface area contributed by atoms with Gasteiger partial charge in [0.05, 0.1) is 5.56 Å². The average Bonchev–Trinajstić information content (AvgIpc) is 2.77. The van der Waals surface area contributed by atoms with Crippen molar-refractivity contribution in [2.24, 2.45) is 5.41 Å². The van der Waals surface area contributed by atoms with Crippen molar-refractivity contribution in [3.8, 4) is 0 Å². The number of allylic oxidation sites excluding steroid dienone is 2. The summed E-state index contributed by atoms with van der Waals surface area (Å²) in [4.78, 5) is 34.4. The van der Waals surface area contributed by atoms with Crippen LogP contribution < -0.4 is 10.9 Å². The number of thioether (sulfide) groups is 1. The number of rotatable bonds is 4. The zero-order valence-electron chi connectivity index (χ0n) is 18.7. The Morgan fingerprint density at radius 2 is 1.79 bits per heavy atom. The number of aromatic nitrogens is 2. The molecule has 2 heterocycles. The number of ketones is 1. The molecule has 0 saturated heterocycles. The van der Waals surface area contributed by atoms with Gasteiger partial charge in [-0.25, -0.2) is 4.98 Å². The van der Waals surface area contributed by atoms with E-state index in [1.54, 1.807) is 12.1 Å². The summed E-state index contributed by atoms with van der Waals surface area (Å²) in [6, 6.07) is 14.9. The molecule has 5 nitrogen and oxygen atoms in total. The second-order valence-corrected chi connectivity index (χ2v) is 11.3. The van der Waals surface area contributed by atoms with Gasteiger partial charge in [0.25, 0.3) is 5.56 Å². The van der Waals surface area contributed by atoms with Gasteiger partial charge < -0.3 is 10.3 Å². The van der Waals surface area contributed by atoms with Gasteiger partial charge in [0, 0.05) is 39.4 Å². The number of hydrogen-bond donors (Lipinski definition) is 2. The summed E-state index contributed by atoms with van der Waals surface area (Å²) < 4.78 is 0. The topological polar surface area (TPSA) is 74.8 Å². The molecule has 3 aromatic rings. The van der Waals surface area contributed by atoms with Crippen LogP contribution in [0.25, 0.3) is 0 Å². The van der Waals surface area contributed by atoms with Crippen LogP contribution in [0.3, 0.4) is 0 Å².